The van der Waals surface area contributed by atoms with E-state index in [1.165, 1.54) is 0 Å². The molecular weight excluding hydrogens is 320 g/mol. The van der Waals surface area contributed by atoms with Gasteiger partial charge in [0.1, 0.15) is 17.1 Å². The third kappa shape index (κ3) is 2.88. The molecule has 0 spiro atoms. The molecule has 0 fully saturated rings. The van der Waals surface area contributed by atoms with Gasteiger partial charge in [0.05, 0.1) is 10.6 Å². The summed E-state index contributed by atoms with van der Waals surface area (Å²) in [5.41, 5.74) is 4.49. The van der Waals surface area contributed by atoms with E-state index in [-0.39, 0.29) is 5.75 Å². The van der Waals surface area contributed by atoms with Crippen LogP contribution in [-0.4, -0.2) is 5.11 Å². The van der Waals surface area contributed by atoms with Gasteiger partial charge in [-0.3, -0.25) is 0 Å². The highest BCUT2D eigenvalue weighted by atomic mass is 35.5. The Bertz CT molecular complexity index is 778. The lowest BCUT2D eigenvalue weighted by atomic mass is 9.84. The SMILES string of the molecule is CCCCCc1cc2c(c(O)c1Cl)-c1cc(C)ccc1C(C)(C)O2. The van der Waals surface area contributed by atoms with Crippen molar-refractivity contribution in [1.82, 2.24) is 0 Å². The largest absolute Gasteiger partial charge is 0.506 e. The second-order valence-electron chi connectivity index (χ2n) is 7.19. The summed E-state index contributed by atoms with van der Waals surface area (Å²) in [6.07, 6.45) is 4.23. The number of fused-ring (bicyclic) bond motifs is 3. The molecule has 24 heavy (non-hydrogen) atoms. The summed E-state index contributed by atoms with van der Waals surface area (Å²) in [7, 11) is 0. The van der Waals surface area contributed by atoms with Gasteiger partial charge in [-0.1, -0.05) is 55.1 Å². The molecule has 0 atom stereocenters. The molecule has 3 heteroatoms. The minimum absolute atomic E-state index is 0.142. The fraction of sp³-hybridized carbons (Fsp3) is 0.429. The van der Waals surface area contributed by atoms with E-state index in [2.05, 4.69) is 45.9 Å². The first-order chi connectivity index (χ1) is 11.3. The number of rotatable bonds is 4. The zero-order chi connectivity index (χ0) is 17.5. The molecule has 3 rings (SSSR count). The number of halogens is 1. The number of ether oxygens (including phenoxy) is 1. The van der Waals surface area contributed by atoms with E-state index < -0.39 is 5.60 Å². The molecular formula is C21H25ClO2. The van der Waals surface area contributed by atoms with Gasteiger partial charge in [-0.15, -0.1) is 0 Å². The zero-order valence-corrected chi connectivity index (χ0v) is 15.6. The molecule has 0 bridgehead atoms. The summed E-state index contributed by atoms with van der Waals surface area (Å²) < 4.78 is 6.25. The van der Waals surface area contributed by atoms with Crippen molar-refractivity contribution in [3.05, 3.63) is 46.0 Å². The molecule has 128 valence electrons. The van der Waals surface area contributed by atoms with Crippen LogP contribution in [0.3, 0.4) is 0 Å². The highest BCUT2D eigenvalue weighted by Gasteiger charge is 2.35. The second-order valence-corrected chi connectivity index (χ2v) is 7.57. The van der Waals surface area contributed by atoms with Crippen molar-refractivity contribution in [3.63, 3.8) is 0 Å². The third-order valence-electron chi connectivity index (χ3n) is 4.79. The van der Waals surface area contributed by atoms with E-state index >= 15 is 0 Å². The number of unbranched alkanes of at least 4 members (excludes halogenated alkanes) is 2. The van der Waals surface area contributed by atoms with Crippen LogP contribution in [0.25, 0.3) is 11.1 Å². The van der Waals surface area contributed by atoms with Gasteiger partial charge in [0, 0.05) is 5.56 Å². The summed E-state index contributed by atoms with van der Waals surface area (Å²) in [6.45, 7) is 8.36. The molecule has 0 unspecified atom stereocenters. The summed E-state index contributed by atoms with van der Waals surface area (Å²) in [4.78, 5) is 0. The molecule has 0 aromatic heterocycles. The zero-order valence-electron chi connectivity index (χ0n) is 14.9. The minimum Gasteiger partial charge on any atom is -0.506 e. The molecule has 0 saturated heterocycles. The molecule has 0 aliphatic carbocycles. The summed E-state index contributed by atoms with van der Waals surface area (Å²) in [5, 5.41) is 11.2. The van der Waals surface area contributed by atoms with Crippen molar-refractivity contribution in [2.75, 3.05) is 0 Å². The van der Waals surface area contributed by atoms with Crippen molar-refractivity contribution in [3.8, 4) is 22.6 Å². The van der Waals surface area contributed by atoms with E-state index in [0.29, 0.717) is 5.02 Å². The average Bonchev–Trinajstić information content (AvgIpc) is 2.51. The van der Waals surface area contributed by atoms with Gasteiger partial charge in [0.15, 0.2) is 0 Å². The Morgan fingerprint density at radius 1 is 1.17 bits per heavy atom. The minimum atomic E-state index is -0.434. The molecule has 2 aromatic carbocycles. The standard InChI is InChI=1S/C21H25ClO2/c1-5-6-7-8-14-12-17-18(20(23)19(14)22)15-11-13(2)9-10-16(15)21(3,4)24-17/h9-12,23H,5-8H2,1-4H3. The van der Waals surface area contributed by atoms with Crippen LogP contribution in [0.5, 0.6) is 11.5 Å². The van der Waals surface area contributed by atoms with Crippen LogP contribution in [-0.2, 0) is 12.0 Å². The smallest absolute Gasteiger partial charge is 0.146 e. The fourth-order valence-electron chi connectivity index (χ4n) is 3.48. The molecule has 1 aliphatic rings. The van der Waals surface area contributed by atoms with E-state index in [4.69, 9.17) is 16.3 Å². The van der Waals surface area contributed by atoms with Crippen LogP contribution in [0, 0.1) is 6.92 Å². The molecule has 0 radical (unpaired) electrons. The van der Waals surface area contributed by atoms with E-state index in [9.17, 15) is 5.11 Å². The number of aryl methyl sites for hydroxylation is 2. The van der Waals surface area contributed by atoms with Crippen molar-refractivity contribution < 1.29 is 9.84 Å². The topological polar surface area (TPSA) is 29.5 Å². The average molecular weight is 345 g/mol. The Kier molecular flexibility index (Phi) is 4.52. The summed E-state index contributed by atoms with van der Waals surface area (Å²) in [5.74, 6) is 0.870. The van der Waals surface area contributed by atoms with Crippen LogP contribution in [0.15, 0.2) is 24.3 Å². The summed E-state index contributed by atoms with van der Waals surface area (Å²) >= 11 is 6.48. The normalized spacial score (nSPS) is 14.7. The first-order valence-electron chi connectivity index (χ1n) is 8.70. The van der Waals surface area contributed by atoms with E-state index in [0.717, 1.165) is 59.3 Å². The number of hydrogen-bond acceptors (Lipinski definition) is 2. The number of benzene rings is 2. The Labute approximate surface area is 149 Å². The first kappa shape index (κ1) is 17.2. The van der Waals surface area contributed by atoms with Crippen LogP contribution in [0.1, 0.15) is 56.7 Å². The fourth-order valence-corrected chi connectivity index (χ4v) is 3.72. The maximum Gasteiger partial charge on any atom is 0.146 e. The number of aromatic hydroxyl groups is 1. The number of phenols is 1. The van der Waals surface area contributed by atoms with Crippen molar-refractivity contribution in [2.24, 2.45) is 0 Å². The highest BCUT2D eigenvalue weighted by Crippen LogP contribution is 2.52. The quantitative estimate of drug-likeness (QED) is 0.652. The molecule has 1 heterocycles. The van der Waals surface area contributed by atoms with Crippen molar-refractivity contribution >= 4 is 11.6 Å². The van der Waals surface area contributed by atoms with Crippen LogP contribution in [0.2, 0.25) is 5.02 Å². The van der Waals surface area contributed by atoms with E-state index in [1.54, 1.807) is 0 Å². The Morgan fingerprint density at radius 3 is 2.62 bits per heavy atom. The molecule has 0 saturated carbocycles. The molecule has 0 amide bonds. The van der Waals surface area contributed by atoms with Gasteiger partial charge in [-0.2, -0.15) is 0 Å². The van der Waals surface area contributed by atoms with Gasteiger partial charge >= 0.3 is 0 Å². The lowest BCUT2D eigenvalue weighted by molar-refractivity contribution is 0.105. The van der Waals surface area contributed by atoms with E-state index in [1.807, 2.05) is 6.07 Å². The monoisotopic (exact) mass is 344 g/mol. The lowest BCUT2D eigenvalue weighted by Crippen LogP contribution is -2.29. The maximum atomic E-state index is 10.8. The third-order valence-corrected chi connectivity index (χ3v) is 5.21. The van der Waals surface area contributed by atoms with Crippen LogP contribution in [0.4, 0.5) is 0 Å². The Morgan fingerprint density at radius 2 is 1.92 bits per heavy atom. The molecule has 2 aromatic rings. The highest BCUT2D eigenvalue weighted by molar-refractivity contribution is 6.33. The number of phenolic OH excluding ortho intramolecular Hbond substituents is 1. The van der Waals surface area contributed by atoms with Gasteiger partial charge in [0.2, 0.25) is 0 Å². The predicted molar refractivity (Wildman–Crippen MR) is 100 cm³/mol. The predicted octanol–water partition coefficient (Wildman–Crippen LogP) is 6.38. The van der Waals surface area contributed by atoms with Gasteiger partial charge in [-0.25, -0.2) is 0 Å². The first-order valence-corrected chi connectivity index (χ1v) is 9.07. The van der Waals surface area contributed by atoms with Crippen molar-refractivity contribution in [2.45, 2.75) is 59.0 Å². The van der Waals surface area contributed by atoms with Gasteiger partial charge in [0.25, 0.3) is 0 Å². The van der Waals surface area contributed by atoms with Crippen molar-refractivity contribution in [1.29, 1.82) is 0 Å². The lowest BCUT2D eigenvalue weighted by Gasteiger charge is -2.36. The Balaban J connectivity index is 2.16. The maximum absolute atomic E-state index is 10.8. The molecule has 1 aliphatic heterocycles. The second kappa shape index (κ2) is 6.33. The van der Waals surface area contributed by atoms with Crippen LogP contribution >= 0.6 is 11.6 Å². The van der Waals surface area contributed by atoms with Gasteiger partial charge < -0.3 is 9.84 Å². The Hall–Kier alpha value is -1.67. The number of hydrogen-bond donors (Lipinski definition) is 1. The summed E-state index contributed by atoms with van der Waals surface area (Å²) in [6, 6.07) is 8.27. The van der Waals surface area contributed by atoms with Gasteiger partial charge in [-0.05, 0) is 50.8 Å². The molecule has 1 N–H and O–H groups in total. The molecule has 2 nitrogen and oxygen atoms in total. The van der Waals surface area contributed by atoms with Crippen LogP contribution < -0.4 is 4.74 Å².